The summed E-state index contributed by atoms with van der Waals surface area (Å²) < 4.78 is 28.5. The molecule has 1 heterocycles. The van der Waals surface area contributed by atoms with Crippen LogP contribution in [0.25, 0.3) is 0 Å². The minimum atomic E-state index is -3.85. The van der Waals surface area contributed by atoms with E-state index in [1.54, 1.807) is 18.2 Å². The van der Waals surface area contributed by atoms with Crippen LogP contribution in [0.3, 0.4) is 0 Å². The van der Waals surface area contributed by atoms with Gasteiger partial charge in [0, 0.05) is 15.8 Å². The Morgan fingerprint density at radius 3 is 2.70 bits per heavy atom. The van der Waals surface area contributed by atoms with E-state index >= 15 is 0 Å². The lowest BCUT2D eigenvalue weighted by molar-refractivity contribution is -0.115. The molecule has 0 unspecified atom stereocenters. The number of carbonyl (C=O) groups is 1. The minimum Gasteiger partial charge on any atom is -0.325 e. The SMILES string of the molecule is Cc1ccc(NS(=O)(=O)c2cc3c(cc2Cl)NC(=O)C3)cc1Br. The standard InChI is InChI=1S/C15H12BrClN2O3S/c1-8-2-3-10(6-11(8)16)19-23(21,22)14-4-9-5-15(20)18-13(9)7-12(14)17/h2-4,6-7,19H,5H2,1H3,(H,18,20). The van der Waals surface area contributed by atoms with Crippen molar-refractivity contribution in [3.05, 3.63) is 51.0 Å². The van der Waals surface area contributed by atoms with Crippen LogP contribution in [0.5, 0.6) is 0 Å². The second-order valence-electron chi connectivity index (χ2n) is 5.23. The maximum absolute atomic E-state index is 12.6. The van der Waals surface area contributed by atoms with E-state index in [1.807, 2.05) is 6.92 Å². The summed E-state index contributed by atoms with van der Waals surface area (Å²) in [4.78, 5) is 11.4. The van der Waals surface area contributed by atoms with E-state index in [0.717, 1.165) is 10.0 Å². The highest BCUT2D eigenvalue weighted by atomic mass is 79.9. The van der Waals surface area contributed by atoms with Crippen LogP contribution in [0.1, 0.15) is 11.1 Å². The predicted molar refractivity (Wildman–Crippen MR) is 93.5 cm³/mol. The van der Waals surface area contributed by atoms with Crippen LogP contribution in [0.2, 0.25) is 5.02 Å². The number of fused-ring (bicyclic) bond motifs is 1. The molecule has 0 aliphatic carbocycles. The highest BCUT2D eigenvalue weighted by Gasteiger charge is 2.25. The number of amides is 1. The summed E-state index contributed by atoms with van der Waals surface area (Å²) in [6.07, 6.45) is 0.144. The third kappa shape index (κ3) is 3.22. The van der Waals surface area contributed by atoms with Gasteiger partial charge in [-0.3, -0.25) is 9.52 Å². The van der Waals surface area contributed by atoms with Gasteiger partial charge in [0.05, 0.1) is 11.4 Å². The smallest absolute Gasteiger partial charge is 0.263 e. The number of anilines is 2. The number of hydrogen-bond donors (Lipinski definition) is 2. The van der Waals surface area contributed by atoms with Crippen LogP contribution in [0.15, 0.2) is 39.7 Å². The van der Waals surface area contributed by atoms with E-state index in [0.29, 0.717) is 16.9 Å². The third-order valence-corrected chi connectivity index (χ3v) is 6.20. The van der Waals surface area contributed by atoms with E-state index in [1.165, 1.54) is 12.1 Å². The number of benzene rings is 2. The van der Waals surface area contributed by atoms with Crippen LogP contribution in [-0.2, 0) is 21.2 Å². The Morgan fingerprint density at radius 2 is 2.00 bits per heavy atom. The molecule has 3 rings (SSSR count). The van der Waals surface area contributed by atoms with Crippen molar-refractivity contribution in [3.63, 3.8) is 0 Å². The molecule has 0 bridgehead atoms. The predicted octanol–water partition coefficient (Wildman–Crippen LogP) is 3.71. The molecule has 0 radical (unpaired) electrons. The minimum absolute atomic E-state index is 0.0499. The number of carbonyl (C=O) groups excluding carboxylic acids is 1. The third-order valence-electron chi connectivity index (χ3n) is 3.50. The zero-order valence-corrected chi connectivity index (χ0v) is 15.1. The van der Waals surface area contributed by atoms with Crippen LogP contribution >= 0.6 is 27.5 Å². The molecule has 1 amide bonds. The second-order valence-corrected chi connectivity index (χ2v) is 8.15. The van der Waals surface area contributed by atoms with Crippen LogP contribution < -0.4 is 10.0 Å². The Balaban J connectivity index is 1.98. The van der Waals surface area contributed by atoms with Gasteiger partial charge in [-0.25, -0.2) is 8.42 Å². The first-order valence-corrected chi connectivity index (χ1v) is 9.33. The zero-order valence-electron chi connectivity index (χ0n) is 12.0. The second kappa shape index (κ2) is 5.81. The summed E-state index contributed by atoms with van der Waals surface area (Å²) >= 11 is 9.45. The quantitative estimate of drug-likeness (QED) is 0.802. The van der Waals surface area contributed by atoms with Crippen molar-refractivity contribution in [3.8, 4) is 0 Å². The van der Waals surface area contributed by atoms with Gasteiger partial charge in [-0.05, 0) is 42.3 Å². The Labute approximate surface area is 147 Å². The van der Waals surface area contributed by atoms with Crippen molar-refractivity contribution >= 4 is 54.8 Å². The first kappa shape index (κ1) is 16.3. The average Bonchev–Trinajstić information content (AvgIpc) is 2.80. The fraction of sp³-hybridized carbons (Fsp3) is 0.133. The van der Waals surface area contributed by atoms with E-state index in [4.69, 9.17) is 11.6 Å². The molecular weight excluding hydrogens is 404 g/mol. The van der Waals surface area contributed by atoms with Gasteiger partial charge in [-0.2, -0.15) is 0 Å². The molecule has 2 N–H and O–H groups in total. The first-order valence-electron chi connectivity index (χ1n) is 6.67. The van der Waals surface area contributed by atoms with Gasteiger partial charge in [-0.15, -0.1) is 0 Å². The molecule has 23 heavy (non-hydrogen) atoms. The van der Waals surface area contributed by atoms with Gasteiger partial charge in [0.2, 0.25) is 5.91 Å². The lowest BCUT2D eigenvalue weighted by Gasteiger charge is -2.12. The van der Waals surface area contributed by atoms with Gasteiger partial charge >= 0.3 is 0 Å². The number of sulfonamides is 1. The van der Waals surface area contributed by atoms with Crippen molar-refractivity contribution in [2.45, 2.75) is 18.2 Å². The van der Waals surface area contributed by atoms with Crippen molar-refractivity contribution < 1.29 is 13.2 Å². The van der Waals surface area contributed by atoms with Crippen molar-refractivity contribution in [2.75, 3.05) is 10.0 Å². The maximum atomic E-state index is 12.6. The number of nitrogens with one attached hydrogen (secondary N) is 2. The van der Waals surface area contributed by atoms with Crippen molar-refractivity contribution in [1.29, 1.82) is 0 Å². The Kier molecular flexibility index (Phi) is 4.12. The molecule has 120 valence electrons. The van der Waals surface area contributed by atoms with Gasteiger partial charge in [0.1, 0.15) is 4.90 Å². The van der Waals surface area contributed by atoms with Crippen LogP contribution in [0.4, 0.5) is 11.4 Å². The summed E-state index contributed by atoms with van der Waals surface area (Å²) in [6, 6.07) is 8.04. The topological polar surface area (TPSA) is 75.3 Å². The first-order chi connectivity index (χ1) is 10.8. The summed E-state index contributed by atoms with van der Waals surface area (Å²) in [5.74, 6) is -0.180. The lowest BCUT2D eigenvalue weighted by Crippen LogP contribution is -2.14. The molecule has 0 atom stereocenters. The Bertz CT molecular complexity index is 929. The number of aryl methyl sites for hydroxylation is 1. The van der Waals surface area contributed by atoms with Crippen LogP contribution in [-0.4, -0.2) is 14.3 Å². The number of halogens is 2. The molecule has 1 aliphatic rings. The number of rotatable bonds is 3. The molecule has 0 fully saturated rings. The normalized spacial score (nSPS) is 13.6. The molecule has 0 spiro atoms. The van der Waals surface area contributed by atoms with E-state index < -0.39 is 10.0 Å². The summed E-state index contributed by atoms with van der Waals surface area (Å²) in [6.45, 7) is 1.91. The molecule has 5 nitrogen and oxygen atoms in total. The van der Waals surface area contributed by atoms with Crippen LogP contribution in [0, 0.1) is 6.92 Å². The summed E-state index contributed by atoms with van der Waals surface area (Å²) in [5, 5.41) is 2.70. The molecule has 0 aromatic heterocycles. The fourth-order valence-electron chi connectivity index (χ4n) is 2.30. The molecule has 2 aromatic carbocycles. The molecule has 0 saturated carbocycles. The maximum Gasteiger partial charge on any atom is 0.263 e. The summed E-state index contributed by atoms with van der Waals surface area (Å²) in [7, 11) is -3.85. The van der Waals surface area contributed by atoms with Gasteiger partial charge in [0.15, 0.2) is 0 Å². The fourth-order valence-corrected chi connectivity index (χ4v) is 4.31. The van der Waals surface area contributed by atoms with Gasteiger partial charge < -0.3 is 5.32 Å². The molecule has 8 heteroatoms. The largest absolute Gasteiger partial charge is 0.325 e. The monoisotopic (exact) mass is 414 g/mol. The highest BCUT2D eigenvalue weighted by Crippen LogP contribution is 2.33. The van der Waals surface area contributed by atoms with E-state index in [2.05, 4.69) is 26.0 Å². The van der Waals surface area contributed by atoms with Crippen molar-refractivity contribution in [1.82, 2.24) is 0 Å². The number of hydrogen-bond acceptors (Lipinski definition) is 3. The zero-order chi connectivity index (χ0) is 16.8. The van der Waals surface area contributed by atoms with Crippen molar-refractivity contribution in [2.24, 2.45) is 0 Å². The molecule has 1 aliphatic heterocycles. The van der Waals surface area contributed by atoms with E-state index in [9.17, 15) is 13.2 Å². The van der Waals surface area contributed by atoms with E-state index in [-0.39, 0.29) is 22.2 Å². The highest BCUT2D eigenvalue weighted by molar-refractivity contribution is 9.10. The molecule has 0 saturated heterocycles. The average molecular weight is 416 g/mol. The summed E-state index contributed by atoms with van der Waals surface area (Å²) in [5.41, 5.74) is 2.59. The van der Waals surface area contributed by atoms with Gasteiger partial charge in [0.25, 0.3) is 10.0 Å². The van der Waals surface area contributed by atoms with Gasteiger partial charge in [-0.1, -0.05) is 33.6 Å². The Hall–Kier alpha value is -1.57. The molecular formula is C15H12BrClN2O3S. The lowest BCUT2D eigenvalue weighted by atomic mass is 10.2. The molecule has 2 aromatic rings. The Morgan fingerprint density at radius 1 is 1.26 bits per heavy atom.